The summed E-state index contributed by atoms with van der Waals surface area (Å²) in [5.41, 5.74) is 0.196. The van der Waals surface area contributed by atoms with Gasteiger partial charge in [-0.2, -0.15) is 10.2 Å². The lowest BCUT2D eigenvalue weighted by Crippen LogP contribution is -2.20. The molecule has 1 aliphatic heterocycles. The molecule has 0 bridgehead atoms. The van der Waals surface area contributed by atoms with Crippen LogP contribution in [0.25, 0.3) is 0 Å². The zero-order valence-corrected chi connectivity index (χ0v) is 16.3. The number of nitrogens with zero attached hydrogens (tertiary/aromatic N) is 4. The highest BCUT2D eigenvalue weighted by atomic mass is 16.7. The molecular formula is C19H18N6O7. The predicted octanol–water partition coefficient (Wildman–Crippen LogP) is 2.35. The Labute approximate surface area is 184 Å². The van der Waals surface area contributed by atoms with E-state index in [4.69, 9.17) is 18.3 Å². The van der Waals surface area contributed by atoms with E-state index in [1.807, 2.05) is 0 Å². The maximum atomic E-state index is 12.4. The molecule has 2 unspecified atom stereocenters. The van der Waals surface area contributed by atoms with Gasteiger partial charge in [0.05, 0.1) is 17.2 Å². The molecule has 0 radical (unpaired) electrons. The second kappa shape index (κ2) is 8.85. The first-order chi connectivity index (χ1) is 16.6. The van der Waals surface area contributed by atoms with Crippen LogP contribution in [0.1, 0.15) is 32.8 Å². The summed E-state index contributed by atoms with van der Waals surface area (Å²) in [6.07, 6.45) is -0.650. The fourth-order valence-corrected chi connectivity index (χ4v) is 3.01. The molecule has 3 aromatic rings. The largest absolute Gasteiger partial charge is 0.514 e. The SMILES string of the molecule is [2H]C([2H])([2H])n1nccc1C(=O)Nc1cc(C2CC(OC(=O)Oc3ccc([N+](=O)[O-])cc3)CO2)[nH]n1. The van der Waals surface area contributed by atoms with E-state index in [1.54, 1.807) is 0 Å². The third-order valence-electron chi connectivity index (χ3n) is 4.53. The molecule has 166 valence electrons. The van der Waals surface area contributed by atoms with E-state index in [0.717, 1.165) is 0 Å². The molecule has 2 N–H and O–H groups in total. The van der Waals surface area contributed by atoms with Gasteiger partial charge in [0.15, 0.2) is 5.82 Å². The Balaban J connectivity index is 1.30. The maximum absolute atomic E-state index is 12.4. The Kier molecular flexibility index (Phi) is 4.82. The van der Waals surface area contributed by atoms with Crippen molar-refractivity contribution in [2.75, 3.05) is 11.9 Å². The van der Waals surface area contributed by atoms with Crippen molar-refractivity contribution in [3.05, 3.63) is 64.1 Å². The Bertz CT molecular complexity index is 1240. The molecule has 4 rings (SSSR count). The van der Waals surface area contributed by atoms with Crippen LogP contribution < -0.4 is 10.1 Å². The monoisotopic (exact) mass is 445 g/mol. The number of aromatic amines is 1. The molecule has 2 atom stereocenters. The molecule has 0 saturated carbocycles. The molecule has 3 heterocycles. The lowest BCUT2D eigenvalue weighted by molar-refractivity contribution is -0.384. The third kappa shape index (κ3) is 4.73. The van der Waals surface area contributed by atoms with E-state index in [0.29, 0.717) is 10.4 Å². The maximum Gasteiger partial charge on any atom is 0.514 e. The Hall–Kier alpha value is -4.26. The number of benzene rings is 1. The van der Waals surface area contributed by atoms with Crippen LogP contribution >= 0.6 is 0 Å². The number of carbonyl (C=O) groups excluding carboxylic acids is 2. The van der Waals surface area contributed by atoms with Crippen LogP contribution in [0.3, 0.4) is 0 Å². The van der Waals surface area contributed by atoms with Crippen molar-refractivity contribution < 1.29 is 32.8 Å². The molecule has 2 aromatic heterocycles. The smallest absolute Gasteiger partial charge is 0.428 e. The second-order valence-corrected chi connectivity index (χ2v) is 6.69. The molecule has 1 aromatic carbocycles. The van der Waals surface area contributed by atoms with Gasteiger partial charge in [0.2, 0.25) is 0 Å². The van der Waals surface area contributed by atoms with Crippen molar-refractivity contribution in [2.24, 2.45) is 6.98 Å². The number of hydrogen-bond acceptors (Lipinski definition) is 9. The van der Waals surface area contributed by atoms with E-state index in [2.05, 4.69) is 20.6 Å². The van der Waals surface area contributed by atoms with Gasteiger partial charge < -0.3 is 19.5 Å². The number of carbonyl (C=O) groups is 2. The molecule has 1 amide bonds. The lowest BCUT2D eigenvalue weighted by Gasteiger charge is -2.10. The van der Waals surface area contributed by atoms with Crippen LogP contribution in [0, 0.1) is 10.1 Å². The first-order valence-corrected chi connectivity index (χ1v) is 9.26. The van der Waals surface area contributed by atoms with Crippen LogP contribution in [-0.2, 0) is 16.4 Å². The van der Waals surface area contributed by atoms with Crippen molar-refractivity contribution in [1.82, 2.24) is 20.0 Å². The number of rotatable bonds is 6. The van der Waals surface area contributed by atoms with Crippen LogP contribution in [0.4, 0.5) is 16.3 Å². The van der Waals surface area contributed by atoms with Crippen LogP contribution in [0.2, 0.25) is 0 Å². The van der Waals surface area contributed by atoms with E-state index >= 15 is 0 Å². The minimum Gasteiger partial charge on any atom is -0.428 e. The molecule has 13 heteroatoms. The fourth-order valence-electron chi connectivity index (χ4n) is 3.01. The molecule has 0 aliphatic carbocycles. The first-order valence-electron chi connectivity index (χ1n) is 10.8. The van der Waals surface area contributed by atoms with Crippen molar-refractivity contribution in [1.29, 1.82) is 0 Å². The number of non-ortho nitro benzene ring substituents is 1. The molecule has 1 fully saturated rings. The summed E-state index contributed by atoms with van der Waals surface area (Å²) >= 11 is 0. The van der Waals surface area contributed by atoms with Gasteiger partial charge in [-0.1, -0.05) is 0 Å². The summed E-state index contributed by atoms with van der Waals surface area (Å²) in [6.45, 7) is -2.53. The predicted molar refractivity (Wildman–Crippen MR) is 107 cm³/mol. The summed E-state index contributed by atoms with van der Waals surface area (Å²) in [5.74, 6) is -0.488. The number of nitro groups is 1. The van der Waals surface area contributed by atoms with Crippen molar-refractivity contribution in [3.8, 4) is 5.75 Å². The average Bonchev–Trinajstić information content (AvgIpc) is 3.54. The topological polar surface area (TPSA) is 164 Å². The normalized spacial score (nSPS) is 19.4. The van der Waals surface area contributed by atoms with Gasteiger partial charge in [-0.15, -0.1) is 0 Å². The molecule has 1 aliphatic rings. The number of nitro benzene ring substituents is 1. The number of hydrogen-bond donors (Lipinski definition) is 2. The summed E-state index contributed by atoms with van der Waals surface area (Å²) < 4.78 is 38.8. The van der Waals surface area contributed by atoms with Crippen LogP contribution in [0.15, 0.2) is 42.6 Å². The average molecular weight is 445 g/mol. The summed E-state index contributed by atoms with van der Waals surface area (Å²) in [7, 11) is 0. The van der Waals surface area contributed by atoms with E-state index in [9.17, 15) is 19.7 Å². The van der Waals surface area contributed by atoms with Gasteiger partial charge in [-0.05, 0) is 18.2 Å². The number of aryl methyl sites for hydroxylation is 1. The number of amides is 1. The Morgan fingerprint density at radius 1 is 1.38 bits per heavy atom. The summed E-state index contributed by atoms with van der Waals surface area (Å²) in [6, 6.07) is 7.73. The fraction of sp³-hybridized carbons (Fsp3) is 0.263. The standard InChI is InChI=1S/C19H18N6O7/c1-24-15(6-7-20-24)18(26)21-17-9-14(22-23-17)16-8-13(10-30-16)32-19(27)31-12-4-2-11(3-5-12)25(28)29/h2-7,9,13,16H,8,10H2,1H3,(H2,21,22,23,26)/i1D3. The van der Waals surface area contributed by atoms with Gasteiger partial charge >= 0.3 is 6.16 Å². The third-order valence-corrected chi connectivity index (χ3v) is 4.53. The zero-order valence-electron chi connectivity index (χ0n) is 19.3. The van der Waals surface area contributed by atoms with Crippen LogP contribution in [-0.4, -0.2) is 49.7 Å². The highest BCUT2D eigenvalue weighted by Gasteiger charge is 2.31. The molecule has 1 saturated heterocycles. The van der Waals surface area contributed by atoms with E-state index < -0.39 is 36.2 Å². The van der Waals surface area contributed by atoms with Gasteiger partial charge in [0.25, 0.3) is 11.6 Å². The van der Waals surface area contributed by atoms with E-state index in [-0.39, 0.29) is 36.0 Å². The highest BCUT2D eigenvalue weighted by molar-refractivity contribution is 6.02. The number of aromatic nitrogens is 4. The number of anilines is 1. The van der Waals surface area contributed by atoms with Crippen molar-refractivity contribution in [3.63, 3.8) is 0 Å². The number of nitrogens with one attached hydrogen (secondary N) is 2. The molecule has 32 heavy (non-hydrogen) atoms. The minimum atomic E-state index is -2.61. The Morgan fingerprint density at radius 2 is 2.19 bits per heavy atom. The van der Waals surface area contributed by atoms with Gasteiger partial charge in [-0.25, -0.2) is 4.79 Å². The number of H-pyrrole nitrogens is 1. The highest BCUT2D eigenvalue weighted by Crippen LogP contribution is 2.30. The second-order valence-electron chi connectivity index (χ2n) is 6.69. The van der Waals surface area contributed by atoms with Gasteiger partial charge in [0.1, 0.15) is 23.7 Å². The molecule has 13 nitrogen and oxygen atoms in total. The van der Waals surface area contributed by atoms with Crippen molar-refractivity contribution >= 4 is 23.6 Å². The minimum absolute atomic E-state index is 0.0819. The quantitative estimate of drug-likeness (QED) is 0.251. The van der Waals surface area contributed by atoms with Crippen LogP contribution in [0.5, 0.6) is 5.75 Å². The van der Waals surface area contributed by atoms with Gasteiger partial charge in [-0.3, -0.25) is 24.7 Å². The number of ether oxygens (including phenoxy) is 3. The van der Waals surface area contributed by atoms with Crippen molar-refractivity contribution in [2.45, 2.75) is 18.6 Å². The van der Waals surface area contributed by atoms with E-state index in [1.165, 1.54) is 42.6 Å². The van der Waals surface area contributed by atoms with Gasteiger partial charge in [0, 0.05) is 41.9 Å². The first kappa shape index (κ1) is 17.4. The zero-order chi connectivity index (χ0) is 25.2. The summed E-state index contributed by atoms with van der Waals surface area (Å²) in [4.78, 5) is 34.6. The lowest BCUT2D eigenvalue weighted by atomic mass is 10.1. The molecular weight excluding hydrogens is 424 g/mol. The molecule has 0 spiro atoms. The summed E-state index contributed by atoms with van der Waals surface area (Å²) in [5, 5.41) is 23.5. The Morgan fingerprint density at radius 3 is 2.94 bits per heavy atom.